The number of rotatable bonds is 2. The van der Waals surface area contributed by atoms with Gasteiger partial charge in [-0.25, -0.2) is 0 Å². The number of likely N-dealkylation sites (N-methyl/N-ethyl adjacent to an activating group) is 1. The van der Waals surface area contributed by atoms with E-state index in [0.29, 0.717) is 6.04 Å². The molecule has 4 nitrogen and oxygen atoms in total. The molecule has 2 aliphatic rings. The fourth-order valence-electron chi connectivity index (χ4n) is 2.23. The Kier molecular flexibility index (Phi) is 2.73. The van der Waals surface area contributed by atoms with Gasteiger partial charge in [-0.15, -0.1) is 0 Å². The molecule has 2 fully saturated rings. The molecule has 2 N–H and O–H groups in total. The van der Waals surface area contributed by atoms with Crippen LogP contribution >= 0.6 is 0 Å². The van der Waals surface area contributed by atoms with Gasteiger partial charge in [0.25, 0.3) is 0 Å². The normalized spacial score (nSPS) is 30.3. The molecule has 1 saturated carbocycles. The predicted molar refractivity (Wildman–Crippen MR) is 59.4 cm³/mol. The summed E-state index contributed by atoms with van der Waals surface area (Å²) < 4.78 is 0. The summed E-state index contributed by atoms with van der Waals surface area (Å²) in [6.07, 6.45) is 2.84. The zero-order valence-corrected chi connectivity index (χ0v) is 9.70. The lowest BCUT2D eigenvalue weighted by Gasteiger charge is -2.40. The molecule has 0 aromatic rings. The molecule has 1 aliphatic heterocycles. The number of amides is 1. The van der Waals surface area contributed by atoms with Gasteiger partial charge in [-0.3, -0.25) is 9.69 Å². The first-order valence-electron chi connectivity index (χ1n) is 5.85. The minimum absolute atomic E-state index is 0.175. The van der Waals surface area contributed by atoms with E-state index in [1.807, 2.05) is 4.90 Å². The third kappa shape index (κ3) is 2.01. The Bertz CT molecular complexity index is 263. The molecule has 1 unspecified atom stereocenters. The van der Waals surface area contributed by atoms with E-state index in [1.54, 1.807) is 0 Å². The first-order valence-corrected chi connectivity index (χ1v) is 5.85. The van der Waals surface area contributed by atoms with Gasteiger partial charge in [-0.05, 0) is 26.3 Å². The first kappa shape index (κ1) is 10.9. The summed E-state index contributed by atoms with van der Waals surface area (Å²) in [6, 6.07) is 0.505. The lowest BCUT2D eigenvalue weighted by molar-refractivity contribution is -0.136. The van der Waals surface area contributed by atoms with E-state index in [0.717, 1.165) is 38.9 Å². The molecule has 1 atom stereocenters. The van der Waals surface area contributed by atoms with Crippen LogP contribution in [0.25, 0.3) is 0 Å². The smallest absolute Gasteiger partial charge is 0.242 e. The van der Waals surface area contributed by atoms with Crippen LogP contribution in [0.5, 0.6) is 0 Å². The molecule has 1 aliphatic carbocycles. The van der Waals surface area contributed by atoms with Crippen LogP contribution in [0.3, 0.4) is 0 Å². The van der Waals surface area contributed by atoms with Gasteiger partial charge in [0.1, 0.15) is 0 Å². The fraction of sp³-hybridized carbons (Fsp3) is 0.909. The van der Waals surface area contributed by atoms with Crippen LogP contribution in [0.1, 0.15) is 26.2 Å². The van der Waals surface area contributed by atoms with Crippen molar-refractivity contribution in [3.63, 3.8) is 0 Å². The molecule has 0 spiro atoms. The molecule has 2 rings (SSSR count). The van der Waals surface area contributed by atoms with Crippen molar-refractivity contribution in [2.75, 3.05) is 26.7 Å². The molecule has 1 heterocycles. The molecule has 0 bridgehead atoms. The highest BCUT2D eigenvalue weighted by Gasteiger charge is 2.48. The Balaban J connectivity index is 1.96. The second-order valence-electron chi connectivity index (χ2n) is 4.95. The summed E-state index contributed by atoms with van der Waals surface area (Å²) in [7, 11) is 2.13. The van der Waals surface area contributed by atoms with Crippen molar-refractivity contribution >= 4 is 5.91 Å². The fourth-order valence-corrected chi connectivity index (χ4v) is 2.23. The van der Waals surface area contributed by atoms with Crippen LogP contribution in [0, 0.1) is 0 Å². The van der Waals surface area contributed by atoms with Crippen LogP contribution < -0.4 is 5.73 Å². The van der Waals surface area contributed by atoms with Gasteiger partial charge >= 0.3 is 0 Å². The molecule has 15 heavy (non-hydrogen) atoms. The van der Waals surface area contributed by atoms with Crippen molar-refractivity contribution in [3.8, 4) is 0 Å². The van der Waals surface area contributed by atoms with Gasteiger partial charge < -0.3 is 10.6 Å². The maximum absolute atomic E-state index is 12.0. The number of hydrogen-bond acceptors (Lipinski definition) is 3. The minimum Gasteiger partial charge on any atom is -0.338 e. The predicted octanol–water partition coefficient (Wildman–Crippen LogP) is 0.0303. The van der Waals surface area contributed by atoms with Crippen LogP contribution in [0.4, 0.5) is 0 Å². The van der Waals surface area contributed by atoms with Crippen LogP contribution in [0.15, 0.2) is 0 Å². The molecular formula is C11H21N3O. The van der Waals surface area contributed by atoms with Crippen molar-refractivity contribution in [3.05, 3.63) is 0 Å². The van der Waals surface area contributed by atoms with E-state index in [2.05, 4.69) is 18.9 Å². The third-order valence-electron chi connectivity index (χ3n) is 3.75. The molecular weight excluding hydrogens is 190 g/mol. The van der Waals surface area contributed by atoms with Crippen molar-refractivity contribution in [1.82, 2.24) is 9.80 Å². The summed E-state index contributed by atoms with van der Waals surface area (Å²) in [5.41, 5.74) is 5.45. The number of piperazine rings is 1. The van der Waals surface area contributed by atoms with E-state index < -0.39 is 5.54 Å². The number of nitrogens with zero attached hydrogens (tertiary/aromatic N) is 2. The second kappa shape index (κ2) is 3.76. The standard InChI is InChI=1S/C11H21N3O/c1-3-9-8-14(7-6-13(9)2)10(15)11(12)4-5-11/h9H,3-8,12H2,1-2H3. The molecule has 0 aromatic heterocycles. The maximum Gasteiger partial charge on any atom is 0.242 e. The van der Waals surface area contributed by atoms with Crippen LogP contribution in [-0.4, -0.2) is 54.0 Å². The highest BCUT2D eigenvalue weighted by atomic mass is 16.2. The second-order valence-corrected chi connectivity index (χ2v) is 4.95. The van der Waals surface area contributed by atoms with Gasteiger partial charge in [0.2, 0.25) is 5.91 Å². The van der Waals surface area contributed by atoms with E-state index in [1.165, 1.54) is 0 Å². The zero-order valence-electron chi connectivity index (χ0n) is 9.70. The van der Waals surface area contributed by atoms with E-state index in [9.17, 15) is 4.79 Å². The summed E-state index contributed by atoms with van der Waals surface area (Å²) in [5.74, 6) is 0.175. The van der Waals surface area contributed by atoms with Gasteiger partial charge in [-0.2, -0.15) is 0 Å². The monoisotopic (exact) mass is 211 g/mol. The van der Waals surface area contributed by atoms with Crippen molar-refractivity contribution in [2.45, 2.75) is 37.8 Å². The number of carbonyl (C=O) groups is 1. The quantitative estimate of drug-likeness (QED) is 0.701. The van der Waals surface area contributed by atoms with E-state index in [-0.39, 0.29) is 5.91 Å². The molecule has 86 valence electrons. The lowest BCUT2D eigenvalue weighted by atomic mass is 10.1. The van der Waals surface area contributed by atoms with Gasteiger partial charge in [0.05, 0.1) is 5.54 Å². The van der Waals surface area contributed by atoms with Crippen molar-refractivity contribution in [1.29, 1.82) is 0 Å². The first-order chi connectivity index (χ1) is 7.07. The summed E-state index contributed by atoms with van der Waals surface area (Å²) >= 11 is 0. The van der Waals surface area contributed by atoms with E-state index in [4.69, 9.17) is 5.73 Å². The Morgan fingerprint density at radius 1 is 1.47 bits per heavy atom. The van der Waals surface area contributed by atoms with E-state index >= 15 is 0 Å². The number of nitrogens with two attached hydrogens (primary N) is 1. The van der Waals surface area contributed by atoms with Gasteiger partial charge in [-0.1, -0.05) is 6.92 Å². The third-order valence-corrected chi connectivity index (χ3v) is 3.75. The maximum atomic E-state index is 12.0. The topological polar surface area (TPSA) is 49.6 Å². The minimum atomic E-state index is -0.492. The molecule has 1 saturated heterocycles. The average molecular weight is 211 g/mol. The van der Waals surface area contributed by atoms with Gasteiger partial charge in [0.15, 0.2) is 0 Å². The largest absolute Gasteiger partial charge is 0.338 e. The zero-order chi connectivity index (χ0) is 11.1. The molecule has 0 aromatic carbocycles. The molecule has 0 radical (unpaired) electrons. The van der Waals surface area contributed by atoms with Crippen LogP contribution in [0.2, 0.25) is 0 Å². The van der Waals surface area contributed by atoms with Crippen molar-refractivity contribution in [2.24, 2.45) is 5.73 Å². The highest BCUT2D eigenvalue weighted by Crippen LogP contribution is 2.34. The molecule has 1 amide bonds. The average Bonchev–Trinajstić information content (AvgIpc) is 2.97. The Morgan fingerprint density at radius 2 is 2.13 bits per heavy atom. The van der Waals surface area contributed by atoms with Gasteiger partial charge in [0, 0.05) is 25.7 Å². The Hall–Kier alpha value is -0.610. The Labute approximate surface area is 91.4 Å². The summed E-state index contributed by atoms with van der Waals surface area (Å²) in [5, 5.41) is 0. The SMILES string of the molecule is CCC1CN(C(=O)C2(N)CC2)CCN1C. The molecule has 4 heteroatoms. The Morgan fingerprint density at radius 3 is 2.67 bits per heavy atom. The highest BCUT2D eigenvalue weighted by molar-refractivity contribution is 5.89. The lowest BCUT2D eigenvalue weighted by Crippen LogP contribution is -2.57. The number of hydrogen-bond donors (Lipinski definition) is 1. The number of carbonyl (C=O) groups excluding carboxylic acids is 1. The van der Waals surface area contributed by atoms with Crippen molar-refractivity contribution < 1.29 is 4.79 Å². The summed E-state index contributed by atoms with van der Waals surface area (Å²) in [4.78, 5) is 16.3. The van der Waals surface area contributed by atoms with Crippen LogP contribution in [-0.2, 0) is 4.79 Å². The summed E-state index contributed by atoms with van der Waals surface area (Å²) in [6.45, 7) is 4.83.